The van der Waals surface area contributed by atoms with Gasteiger partial charge >= 0.3 is 5.97 Å². The predicted octanol–water partition coefficient (Wildman–Crippen LogP) is 2.97. The Morgan fingerprint density at radius 2 is 2.04 bits per heavy atom. The van der Waals surface area contributed by atoms with Gasteiger partial charge in [-0.25, -0.2) is 4.98 Å². The second kappa shape index (κ2) is 8.40. The number of carbonyl (C=O) groups excluding carboxylic acids is 2. The Morgan fingerprint density at radius 3 is 2.67 bits per heavy atom. The fourth-order valence-electron chi connectivity index (χ4n) is 2.14. The summed E-state index contributed by atoms with van der Waals surface area (Å²) in [5, 5.41) is 2.82. The van der Waals surface area contributed by atoms with Gasteiger partial charge in [-0.3, -0.25) is 9.59 Å². The SMILES string of the molecule is COC(=O)CN(Cc1ccccc1C)C(=O)/C=C\c1csc(C)n1. The van der Waals surface area contributed by atoms with Crippen molar-refractivity contribution in [2.75, 3.05) is 13.7 Å². The van der Waals surface area contributed by atoms with Gasteiger partial charge in [0.25, 0.3) is 0 Å². The van der Waals surface area contributed by atoms with Crippen LogP contribution in [-0.4, -0.2) is 35.4 Å². The molecule has 1 heterocycles. The van der Waals surface area contributed by atoms with Gasteiger partial charge in [0.05, 0.1) is 17.8 Å². The Labute approximate surface area is 145 Å². The van der Waals surface area contributed by atoms with Crippen molar-refractivity contribution < 1.29 is 14.3 Å². The quantitative estimate of drug-likeness (QED) is 0.597. The normalized spacial score (nSPS) is 10.8. The molecular formula is C18H20N2O3S. The summed E-state index contributed by atoms with van der Waals surface area (Å²) in [6.07, 6.45) is 3.10. The number of ether oxygens (including phenoxy) is 1. The van der Waals surface area contributed by atoms with Crippen LogP contribution in [0.15, 0.2) is 35.7 Å². The lowest BCUT2D eigenvalue weighted by atomic mass is 10.1. The van der Waals surface area contributed by atoms with E-state index in [2.05, 4.69) is 4.98 Å². The summed E-state index contributed by atoms with van der Waals surface area (Å²) >= 11 is 1.52. The van der Waals surface area contributed by atoms with Gasteiger partial charge in [0, 0.05) is 18.0 Å². The van der Waals surface area contributed by atoms with E-state index in [1.54, 1.807) is 6.08 Å². The average molecular weight is 344 g/mol. The topological polar surface area (TPSA) is 59.5 Å². The summed E-state index contributed by atoms with van der Waals surface area (Å²) in [6.45, 7) is 4.14. The van der Waals surface area contributed by atoms with Crippen LogP contribution in [0.3, 0.4) is 0 Å². The molecule has 0 saturated carbocycles. The first kappa shape index (κ1) is 17.9. The Bertz CT molecular complexity index is 752. The monoisotopic (exact) mass is 344 g/mol. The molecule has 0 fully saturated rings. The molecule has 0 saturated heterocycles. The number of methoxy groups -OCH3 is 1. The molecule has 24 heavy (non-hydrogen) atoms. The molecule has 6 heteroatoms. The van der Waals surface area contributed by atoms with E-state index in [4.69, 9.17) is 4.74 Å². The zero-order valence-electron chi connectivity index (χ0n) is 14.0. The summed E-state index contributed by atoms with van der Waals surface area (Å²) in [4.78, 5) is 29.9. The number of hydrogen-bond donors (Lipinski definition) is 0. The second-order valence-electron chi connectivity index (χ2n) is 5.32. The molecule has 1 amide bonds. The smallest absolute Gasteiger partial charge is 0.325 e. The first-order chi connectivity index (χ1) is 11.5. The molecule has 0 atom stereocenters. The summed E-state index contributed by atoms with van der Waals surface area (Å²) in [7, 11) is 1.31. The standard InChI is InChI=1S/C18H20N2O3S/c1-13-6-4-5-7-15(13)10-20(11-18(22)23-3)17(21)9-8-16-12-24-14(2)19-16/h4-9,12H,10-11H2,1-3H3/b9-8-. The molecule has 5 nitrogen and oxygen atoms in total. The molecule has 0 aliphatic rings. The van der Waals surface area contributed by atoms with Gasteiger partial charge in [-0.2, -0.15) is 0 Å². The van der Waals surface area contributed by atoms with Crippen LogP contribution in [-0.2, 0) is 20.9 Å². The van der Waals surface area contributed by atoms with Crippen LogP contribution in [0.2, 0.25) is 0 Å². The molecular weight excluding hydrogens is 324 g/mol. The molecule has 1 aromatic heterocycles. The third-order valence-electron chi connectivity index (χ3n) is 3.52. The van der Waals surface area contributed by atoms with Crippen LogP contribution in [0, 0.1) is 13.8 Å². The van der Waals surface area contributed by atoms with Crippen molar-refractivity contribution in [3.05, 3.63) is 57.6 Å². The first-order valence-corrected chi connectivity index (χ1v) is 8.38. The molecule has 2 aromatic rings. The number of nitrogens with zero attached hydrogens (tertiary/aromatic N) is 2. The Hall–Kier alpha value is -2.47. The maximum atomic E-state index is 12.5. The van der Waals surface area contributed by atoms with Crippen LogP contribution in [0.25, 0.3) is 6.08 Å². The number of aromatic nitrogens is 1. The fourth-order valence-corrected chi connectivity index (χ4v) is 2.72. The Morgan fingerprint density at radius 1 is 1.29 bits per heavy atom. The van der Waals surface area contributed by atoms with Crippen molar-refractivity contribution >= 4 is 29.3 Å². The lowest BCUT2D eigenvalue weighted by Gasteiger charge is -2.21. The molecule has 0 N–H and O–H groups in total. The molecule has 0 spiro atoms. The number of hydrogen-bond acceptors (Lipinski definition) is 5. The molecule has 0 bridgehead atoms. The van der Waals surface area contributed by atoms with Gasteiger partial charge in [0.15, 0.2) is 0 Å². The molecule has 0 unspecified atom stereocenters. The number of rotatable bonds is 6. The van der Waals surface area contributed by atoms with Crippen LogP contribution in [0.4, 0.5) is 0 Å². The van der Waals surface area contributed by atoms with E-state index in [1.165, 1.54) is 29.4 Å². The maximum absolute atomic E-state index is 12.5. The Kier molecular flexibility index (Phi) is 6.26. The lowest BCUT2D eigenvalue weighted by molar-refractivity contribution is -0.145. The molecule has 0 aliphatic heterocycles. The van der Waals surface area contributed by atoms with Crippen molar-refractivity contribution in [3.8, 4) is 0 Å². The van der Waals surface area contributed by atoms with E-state index in [1.807, 2.05) is 43.5 Å². The van der Waals surface area contributed by atoms with Crippen LogP contribution >= 0.6 is 11.3 Å². The summed E-state index contributed by atoms with van der Waals surface area (Å²) in [5.41, 5.74) is 2.80. The summed E-state index contributed by atoms with van der Waals surface area (Å²) < 4.78 is 4.70. The zero-order valence-corrected chi connectivity index (χ0v) is 14.8. The van der Waals surface area contributed by atoms with E-state index in [-0.39, 0.29) is 12.5 Å². The van der Waals surface area contributed by atoms with Crippen molar-refractivity contribution in [2.45, 2.75) is 20.4 Å². The third-order valence-corrected chi connectivity index (χ3v) is 4.31. The van der Waals surface area contributed by atoms with Crippen molar-refractivity contribution in [2.24, 2.45) is 0 Å². The van der Waals surface area contributed by atoms with E-state index in [0.717, 1.165) is 21.8 Å². The molecule has 2 rings (SSSR count). The van der Waals surface area contributed by atoms with Crippen molar-refractivity contribution in [3.63, 3.8) is 0 Å². The number of benzene rings is 1. The fraction of sp³-hybridized carbons (Fsp3) is 0.278. The van der Waals surface area contributed by atoms with Crippen LogP contribution < -0.4 is 0 Å². The maximum Gasteiger partial charge on any atom is 0.325 e. The highest BCUT2D eigenvalue weighted by molar-refractivity contribution is 7.09. The third kappa shape index (κ3) is 5.03. The first-order valence-electron chi connectivity index (χ1n) is 7.50. The molecule has 0 radical (unpaired) electrons. The minimum absolute atomic E-state index is 0.0932. The second-order valence-corrected chi connectivity index (χ2v) is 6.38. The van der Waals surface area contributed by atoms with Gasteiger partial charge in [-0.15, -0.1) is 11.3 Å². The van der Waals surface area contributed by atoms with Gasteiger partial charge in [0.2, 0.25) is 5.91 Å². The number of thiazole rings is 1. The Balaban J connectivity index is 2.15. The number of amides is 1. The number of aryl methyl sites for hydroxylation is 2. The van der Waals surface area contributed by atoms with Crippen LogP contribution in [0.1, 0.15) is 21.8 Å². The van der Waals surface area contributed by atoms with Gasteiger partial charge in [0.1, 0.15) is 6.54 Å². The summed E-state index contributed by atoms with van der Waals surface area (Å²) in [5.74, 6) is -0.704. The van der Waals surface area contributed by atoms with Crippen molar-refractivity contribution in [1.82, 2.24) is 9.88 Å². The highest BCUT2D eigenvalue weighted by Crippen LogP contribution is 2.13. The summed E-state index contributed by atoms with van der Waals surface area (Å²) in [6, 6.07) is 7.78. The van der Waals surface area contributed by atoms with E-state index < -0.39 is 5.97 Å². The van der Waals surface area contributed by atoms with E-state index in [0.29, 0.717) is 6.54 Å². The van der Waals surface area contributed by atoms with E-state index in [9.17, 15) is 9.59 Å². The average Bonchev–Trinajstić information content (AvgIpc) is 2.99. The van der Waals surface area contributed by atoms with Crippen molar-refractivity contribution in [1.29, 1.82) is 0 Å². The minimum Gasteiger partial charge on any atom is -0.468 e. The lowest BCUT2D eigenvalue weighted by Crippen LogP contribution is -2.34. The predicted molar refractivity (Wildman–Crippen MR) is 94.5 cm³/mol. The van der Waals surface area contributed by atoms with Gasteiger partial charge in [-0.1, -0.05) is 24.3 Å². The highest BCUT2D eigenvalue weighted by atomic mass is 32.1. The zero-order chi connectivity index (χ0) is 17.5. The van der Waals surface area contributed by atoms with Crippen LogP contribution in [0.5, 0.6) is 0 Å². The highest BCUT2D eigenvalue weighted by Gasteiger charge is 2.16. The van der Waals surface area contributed by atoms with Gasteiger partial charge < -0.3 is 9.64 Å². The number of carbonyl (C=O) groups is 2. The molecule has 0 aliphatic carbocycles. The minimum atomic E-state index is -0.449. The largest absolute Gasteiger partial charge is 0.468 e. The van der Waals surface area contributed by atoms with Gasteiger partial charge in [-0.05, 0) is 31.1 Å². The molecule has 1 aromatic carbocycles. The molecule has 126 valence electrons. The number of esters is 1. The van der Waals surface area contributed by atoms with E-state index >= 15 is 0 Å².